The molecule has 0 aliphatic heterocycles. The predicted molar refractivity (Wildman–Crippen MR) is 80.8 cm³/mol. The monoisotopic (exact) mass is 283 g/mol. The number of anilines is 1. The molecule has 0 saturated heterocycles. The molecule has 5 heteroatoms. The minimum absolute atomic E-state index is 0.00574. The zero-order valence-corrected chi connectivity index (χ0v) is 12.5. The lowest BCUT2D eigenvalue weighted by Gasteiger charge is -2.25. The molecule has 1 amide bonds. The number of benzene rings is 1. The van der Waals surface area contributed by atoms with Crippen molar-refractivity contribution in [1.29, 1.82) is 0 Å². The number of hydrogen-bond acceptors (Lipinski definition) is 3. The highest BCUT2D eigenvalue weighted by atomic mass is 35.5. The Balaban J connectivity index is 2.97. The third kappa shape index (κ3) is 4.73. The van der Waals surface area contributed by atoms with Crippen LogP contribution < -0.4 is 15.5 Å². The average molecular weight is 284 g/mol. The summed E-state index contributed by atoms with van der Waals surface area (Å²) < 4.78 is 0. The largest absolute Gasteiger partial charge is 0.362 e. The molecule has 0 atom stereocenters. The van der Waals surface area contributed by atoms with E-state index in [4.69, 9.17) is 11.6 Å². The zero-order chi connectivity index (χ0) is 14.3. The first kappa shape index (κ1) is 15.8. The number of carbonyl (C=O) groups excluding carboxylic acids is 1. The summed E-state index contributed by atoms with van der Waals surface area (Å²) in [5.41, 5.74) is 2.16. The van der Waals surface area contributed by atoms with Gasteiger partial charge in [0.1, 0.15) is 0 Å². The van der Waals surface area contributed by atoms with Crippen molar-refractivity contribution in [3.05, 3.63) is 28.8 Å². The maximum absolute atomic E-state index is 11.6. The molecule has 0 spiro atoms. The molecule has 4 nitrogen and oxygen atoms in total. The fraction of sp³-hybridized carbons (Fsp3) is 0.500. The topological polar surface area (TPSA) is 44.4 Å². The number of hydrogen-bond donors (Lipinski definition) is 2. The molecule has 2 N–H and O–H groups in total. The van der Waals surface area contributed by atoms with Crippen molar-refractivity contribution in [1.82, 2.24) is 10.6 Å². The summed E-state index contributed by atoms with van der Waals surface area (Å²) in [4.78, 5) is 13.6. The third-order valence-corrected chi connectivity index (χ3v) is 3.18. The minimum Gasteiger partial charge on any atom is -0.362 e. The van der Waals surface area contributed by atoms with Gasteiger partial charge in [-0.2, -0.15) is 0 Å². The summed E-state index contributed by atoms with van der Waals surface area (Å²) in [6.07, 6.45) is 0. The summed E-state index contributed by atoms with van der Waals surface area (Å²) in [5, 5.41) is 6.66. The molecule has 0 aliphatic carbocycles. The summed E-state index contributed by atoms with van der Waals surface area (Å²) in [7, 11) is 1.65. The molecule has 0 saturated carbocycles. The van der Waals surface area contributed by atoms with E-state index in [1.54, 1.807) is 7.05 Å². The molecule has 0 unspecified atom stereocenters. The first-order valence-corrected chi connectivity index (χ1v) is 6.94. The lowest BCUT2D eigenvalue weighted by atomic mass is 10.1. The molecule has 0 bridgehead atoms. The lowest BCUT2D eigenvalue weighted by molar-refractivity contribution is -0.119. The molecular weight excluding hydrogens is 262 g/mol. The second-order valence-electron chi connectivity index (χ2n) is 4.24. The molecule has 0 fully saturated rings. The van der Waals surface area contributed by atoms with E-state index in [9.17, 15) is 4.79 Å². The van der Waals surface area contributed by atoms with E-state index in [0.717, 1.165) is 30.9 Å². The number of rotatable bonds is 7. The molecule has 0 radical (unpaired) electrons. The number of likely N-dealkylation sites (N-methyl/N-ethyl adjacent to an activating group) is 2. The van der Waals surface area contributed by atoms with E-state index >= 15 is 0 Å². The number of halogens is 1. The molecule has 0 aliphatic rings. The van der Waals surface area contributed by atoms with Gasteiger partial charge in [0, 0.05) is 30.8 Å². The van der Waals surface area contributed by atoms with Gasteiger partial charge in [0.15, 0.2) is 0 Å². The minimum atomic E-state index is 0.00574. The van der Waals surface area contributed by atoms with Crippen molar-refractivity contribution < 1.29 is 4.79 Å². The third-order valence-electron chi connectivity index (χ3n) is 2.94. The van der Waals surface area contributed by atoms with Crippen LogP contribution in [0.3, 0.4) is 0 Å². The smallest absolute Gasteiger partial charge is 0.239 e. The van der Waals surface area contributed by atoms with Gasteiger partial charge in [0.25, 0.3) is 0 Å². The lowest BCUT2D eigenvalue weighted by Crippen LogP contribution is -2.36. The second kappa shape index (κ2) is 8.02. The van der Waals surface area contributed by atoms with E-state index in [0.29, 0.717) is 11.6 Å². The van der Waals surface area contributed by atoms with Crippen LogP contribution in [0.1, 0.15) is 19.4 Å². The number of nitrogens with zero attached hydrogens (tertiary/aromatic N) is 1. The van der Waals surface area contributed by atoms with Crippen molar-refractivity contribution in [3.8, 4) is 0 Å². The summed E-state index contributed by atoms with van der Waals surface area (Å²) in [5.74, 6) is 0.00574. The Morgan fingerprint density at radius 2 is 2.11 bits per heavy atom. The molecule has 1 aromatic rings. The first-order chi connectivity index (χ1) is 9.12. The molecular formula is C14H22ClN3O. The highest BCUT2D eigenvalue weighted by molar-refractivity contribution is 6.30. The Hall–Kier alpha value is -1.26. The van der Waals surface area contributed by atoms with Crippen molar-refractivity contribution in [3.63, 3.8) is 0 Å². The van der Waals surface area contributed by atoms with Crippen LogP contribution in [0.25, 0.3) is 0 Å². The van der Waals surface area contributed by atoms with Gasteiger partial charge in [0.2, 0.25) is 5.91 Å². The van der Waals surface area contributed by atoms with Crippen molar-refractivity contribution in [2.75, 3.05) is 31.6 Å². The quantitative estimate of drug-likeness (QED) is 0.805. The summed E-state index contributed by atoms with van der Waals surface area (Å²) in [6.45, 7) is 6.87. The van der Waals surface area contributed by atoms with Crippen LogP contribution in [0.15, 0.2) is 18.2 Å². The second-order valence-corrected chi connectivity index (χ2v) is 4.68. The van der Waals surface area contributed by atoms with Gasteiger partial charge < -0.3 is 15.5 Å². The Morgan fingerprint density at radius 3 is 2.68 bits per heavy atom. The van der Waals surface area contributed by atoms with Gasteiger partial charge in [-0.1, -0.05) is 18.5 Å². The normalized spacial score (nSPS) is 10.3. The Kier molecular flexibility index (Phi) is 6.67. The zero-order valence-electron chi connectivity index (χ0n) is 11.8. The molecule has 1 aromatic carbocycles. The molecule has 19 heavy (non-hydrogen) atoms. The summed E-state index contributed by atoms with van der Waals surface area (Å²) in [6, 6.07) is 5.78. The Labute approximate surface area is 120 Å². The van der Waals surface area contributed by atoms with Gasteiger partial charge in [-0.05, 0) is 37.2 Å². The highest BCUT2D eigenvalue weighted by Crippen LogP contribution is 2.24. The van der Waals surface area contributed by atoms with Crippen molar-refractivity contribution in [2.24, 2.45) is 0 Å². The van der Waals surface area contributed by atoms with Crippen LogP contribution in [0.4, 0.5) is 5.69 Å². The van der Waals surface area contributed by atoms with Gasteiger partial charge >= 0.3 is 0 Å². The van der Waals surface area contributed by atoms with Crippen molar-refractivity contribution >= 4 is 23.2 Å². The predicted octanol–water partition coefficient (Wildman–Crippen LogP) is 2.02. The fourth-order valence-electron chi connectivity index (χ4n) is 1.88. The Bertz CT molecular complexity index is 423. The average Bonchev–Trinajstić information content (AvgIpc) is 2.42. The van der Waals surface area contributed by atoms with Crippen LogP contribution in [-0.4, -0.2) is 32.6 Å². The van der Waals surface area contributed by atoms with Crippen LogP contribution in [0.5, 0.6) is 0 Å². The number of amides is 1. The van der Waals surface area contributed by atoms with Crippen LogP contribution >= 0.6 is 11.6 Å². The standard InChI is InChI=1S/C14H22ClN3O/c1-4-17-9-11-8-12(15)6-7-13(11)18(5-2)10-14(19)16-3/h6-8,17H,4-5,9-10H2,1-3H3,(H,16,19). The van der Waals surface area contributed by atoms with Crippen LogP contribution in [0, 0.1) is 0 Å². The SMILES string of the molecule is CCNCc1cc(Cl)ccc1N(CC)CC(=O)NC. The highest BCUT2D eigenvalue weighted by Gasteiger charge is 2.13. The molecule has 1 rings (SSSR count). The molecule has 0 aromatic heterocycles. The van der Waals surface area contributed by atoms with E-state index in [2.05, 4.69) is 17.6 Å². The van der Waals surface area contributed by atoms with Gasteiger partial charge in [-0.25, -0.2) is 0 Å². The maximum Gasteiger partial charge on any atom is 0.239 e. The van der Waals surface area contributed by atoms with Gasteiger partial charge in [-0.15, -0.1) is 0 Å². The van der Waals surface area contributed by atoms with Crippen molar-refractivity contribution in [2.45, 2.75) is 20.4 Å². The fourth-order valence-corrected chi connectivity index (χ4v) is 2.08. The number of nitrogens with one attached hydrogen (secondary N) is 2. The van der Waals surface area contributed by atoms with E-state index < -0.39 is 0 Å². The maximum atomic E-state index is 11.6. The Morgan fingerprint density at radius 1 is 1.37 bits per heavy atom. The van der Waals surface area contributed by atoms with E-state index in [1.807, 2.05) is 30.0 Å². The van der Waals surface area contributed by atoms with Gasteiger partial charge in [-0.3, -0.25) is 4.79 Å². The summed E-state index contributed by atoms with van der Waals surface area (Å²) >= 11 is 6.05. The van der Waals surface area contributed by atoms with Gasteiger partial charge in [0.05, 0.1) is 6.54 Å². The first-order valence-electron chi connectivity index (χ1n) is 6.57. The van der Waals surface area contributed by atoms with E-state index in [1.165, 1.54) is 0 Å². The molecule has 106 valence electrons. The van der Waals surface area contributed by atoms with E-state index in [-0.39, 0.29) is 5.91 Å². The molecule has 0 heterocycles. The van der Waals surface area contributed by atoms with Crippen LogP contribution in [0.2, 0.25) is 5.02 Å². The number of carbonyl (C=O) groups is 1. The van der Waals surface area contributed by atoms with Crippen LogP contribution in [-0.2, 0) is 11.3 Å².